The van der Waals surface area contributed by atoms with E-state index in [0.717, 1.165) is 18.6 Å². The second-order valence-electron chi connectivity index (χ2n) is 6.95. The SMILES string of the molecule is CC1CN2CCCC2CN1c1ccncc1CNC1CC1. The number of nitrogens with zero attached hydrogens (tertiary/aromatic N) is 3. The highest BCUT2D eigenvalue weighted by molar-refractivity contribution is 5.54. The molecule has 1 aliphatic carbocycles. The molecule has 2 saturated heterocycles. The first-order chi connectivity index (χ1) is 10.3. The molecule has 1 N–H and O–H groups in total. The van der Waals surface area contributed by atoms with E-state index in [0.29, 0.717) is 6.04 Å². The molecule has 3 heterocycles. The van der Waals surface area contributed by atoms with E-state index in [-0.39, 0.29) is 0 Å². The summed E-state index contributed by atoms with van der Waals surface area (Å²) in [4.78, 5) is 9.66. The standard InChI is InChI=1S/C17H26N4/c1-13-11-20-8-2-3-16(20)12-21(13)17-6-7-18-9-14(17)10-19-15-4-5-15/h6-7,9,13,15-16,19H,2-5,8,10-12H2,1H3. The maximum atomic E-state index is 4.35. The van der Waals surface area contributed by atoms with Crippen molar-refractivity contribution in [3.05, 3.63) is 24.0 Å². The van der Waals surface area contributed by atoms with Crippen LogP contribution in [0.2, 0.25) is 0 Å². The highest BCUT2D eigenvalue weighted by Gasteiger charge is 2.35. The number of pyridine rings is 1. The number of nitrogens with one attached hydrogen (secondary N) is 1. The lowest BCUT2D eigenvalue weighted by molar-refractivity contribution is 0.202. The maximum Gasteiger partial charge on any atom is 0.0446 e. The highest BCUT2D eigenvalue weighted by atomic mass is 15.3. The van der Waals surface area contributed by atoms with Crippen LogP contribution in [-0.4, -0.2) is 47.6 Å². The van der Waals surface area contributed by atoms with Crippen LogP contribution in [0.25, 0.3) is 0 Å². The van der Waals surface area contributed by atoms with E-state index in [9.17, 15) is 0 Å². The molecule has 1 aromatic heterocycles. The van der Waals surface area contributed by atoms with E-state index in [1.807, 2.05) is 6.20 Å². The molecule has 4 heteroatoms. The minimum Gasteiger partial charge on any atom is -0.366 e. The Hall–Kier alpha value is -1.13. The molecule has 3 aliphatic rings. The van der Waals surface area contributed by atoms with Gasteiger partial charge in [0.2, 0.25) is 0 Å². The van der Waals surface area contributed by atoms with Crippen LogP contribution in [0.15, 0.2) is 18.5 Å². The van der Waals surface area contributed by atoms with E-state index in [4.69, 9.17) is 0 Å². The lowest BCUT2D eigenvalue weighted by Crippen LogP contribution is -2.55. The number of anilines is 1. The minimum absolute atomic E-state index is 0.599. The van der Waals surface area contributed by atoms with Gasteiger partial charge in [0.15, 0.2) is 0 Å². The number of aromatic nitrogens is 1. The summed E-state index contributed by atoms with van der Waals surface area (Å²) in [5, 5.41) is 3.64. The summed E-state index contributed by atoms with van der Waals surface area (Å²) in [7, 11) is 0. The fourth-order valence-corrected chi connectivity index (χ4v) is 3.90. The molecule has 0 amide bonds. The second kappa shape index (κ2) is 5.58. The molecule has 4 nitrogen and oxygen atoms in total. The lowest BCUT2D eigenvalue weighted by atomic mass is 10.1. The van der Waals surface area contributed by atoms with Gasteiger partial charge in [-0.1, -0.05) is 0 Å². The molecule has 0 aromatic carbocycles. The summed E-state index contributed by atoms with van der Waals surface area (Å²) in [5.41, 5.74) is 2.76. The zero-order valence-corrected chi connectivity index (χ0v) is 13.0. The Balaban J connectivity index is 1.53. The molecule has 4 rings (SSSR count). The summed E-state index contributed by atoms with van der Waals surface area (Å²) in [6.45, 7) is 7.03. The summed E-state index contributed by atoms with van der Waals surface area (Å²) in [6.07, 6.45) is 9.42. The first-order valence-electron chi connectivity index (χ1n) is 8.48. The molecule has 2 atom stereocenters. The van der Waals surface area contributed by atoms with Crippen molar-refractivity contribution in [2.45, 2.75) is 57.3 Å². The molecule has 3 fully saturated rings. The summed E-state index contributed by atoms with van der Waals surface area (Å²) in [6, 6.07) is 4.33. The molecule has 1 saturated carbocycles. The molecule has 0 radical (unpaired) electrons. The van der Waals surface area contributed by atoms with Crippen LogP contribution in [0.5, 0.6) is 0 Å². The monoisotopic (exact) mass is 286 g/mol. The normalized spacial score (nSPS) is 29.7. The van der Waals surface area contributed by atoms with Crippen LogP contribution in [0, 0.1) is 0 Å². The van der Waals surface area contributed by atoms with Crippen molar-refractivity contribution in [2.75, 3.05) is 24.5 Å². The Morgan fingerprint density at radius 2 is 2.19 bits per heavy atom. The van der Waals surface area contributed by atoms with Gasteiger partial charge in [0.25, 0.3) is 0 Å². The largest absolute Gasteiger partial charge is 0.366 e. The first kappa shape index (κ1) is 13.5. The molecule has 0 bridgehead atoms. The van der Waals surface area contributed by atoms with Gasteiger partial charge in [-0.05, 0) is 45.2 Å². The third-order valence-corrected chi connectivity index (χ3v) is 5.28. The Morgan fingerprint density at radius 1 is 1.29 bits per heavy atom. The smallest absolute Gasteiger partial charge is 0.0446 e. The molecule has 2 unspecified atom stereocenters. The summed E-state index contributed by atoms with van der Waals surface area (Å²) >= 11 is 0. The average Bonchev–Trinajstić information content (AvgIpc) is 3.22. The van der Waals surface area contributed by atoms with Crippen LogP contribution in [-0.2, 0) is 6.54 Å². The molecule has 114 valence electrons. The molecule has 1 aromatic rings. The Labute approximate surface area is 127 Å². The average molecular weight is 286 g/mol. The Bertz CT molecular complexity index is 499. The number of fused-ring (bicyclic) bond motifs is 1. The zero-order valence-electron chi connectivity index (χ0n) is 13.0. The van der Waals surface area contributed by atoms with Gasteiger partial charge in [0.1, 0.15) is 0 Å². The highest BCUT2D eigenvalue weighted by Crippen LogP contribution is 2.30. The van der Waals surface area contributed by atoms with Crippen molar-refractivity contribution in [3.63, 3.8) is 0 Å². The Kier molecular flexibility index (Phi) is 3.59. The number of hydrogen-bond donors (Lipinski definition) is 1. The van der Waals surface area contributed by atoms with Gasteiger partial charge < -0.3 is 10.2 Å². The molecular weight excluding hydrogens is 260 g/mol. The number of hydrogen-bond acceptors (Lipinski definition) is 4. The van der Waals surface area contributed by atoms with Crippen molar-refractivity contribution in [1.82, 2.24) is 15.2 Å². The Morgan fingerprint density at radius 3 is 3.05 bits per heavy atom. The fraction of sp³-hybridized carbons (Fsp3) is 0.706. The van der Waals surface area contributed by atoms with Crippen LogP contribution in [0.3, 0.4) is 0 Å². The summed E-state index contributed by atoms with van der Waals surface area (Å²) < 4.78 is 0. The third-order valence-electron chi connectivity index (χ3n) is 5.28. The number of rotatable bonds is 4. The van der Waals surface area contributed by atoms with E-state index in [2.05, 4.69) is 39.3 Å². The van der Waals surface area contributed by atoms with Gasteiger partial charge in [-0.15, -0.1) is 0 Å². The lowest BCUT2D eigenvalue weighted by Gasteiger charge is -2.44. The van der Waals surface area contributed by atoms with Crippen LogP contribution in [0.4, 0.5) is 5.69 Å². The predicted octanol–water partition coefficient (Wildman–Crippen LogP) is 2.01. The molecule has 21 heavy (non-hydrogen) atoms. The van der Waals surface area contributed by atoms with Gasteiger partial charge in [-0.25, -0.2) is 0 Å². The van der Waals surface area contributed by atoms with Crippen molar-refractivity contribution in [1.29, 1.82) is 0 Å². The van der Waals surface area contributed by atoms with Gasteiger partial charge >= 0.3 is 0 Å². The van der Waals surface area contributed by atoms with E-state index >= 15 is 0 Å². The van der Waals surface area contributed by atoms with Crippen molar-refractivity contribution in [3.8, 4) is 0 Å². The van der Waals surface area contributed by atoms with Crippen LogP contribution in [0.1, 0.15) is 38.2 Å². The van der Waals surface area contributed by atoms with Gasteiger partial charge in [-0.2, -0.15) is 0 Å². The first-order valence-corrected chi connectivity index (χ1v) is 8.48. The topological polar surface area (TPSA) is 31.4 Å². The van der Waals surface area contributed by atoms with Crippen molar-refractivity contribution < 1.29 is 0 Å². The van der Waals surface area contributed by atoms with Crippen LogP contribution < -0.4 is 10.2 Å². The third kappa shape index (κ3) is 2.79. The second-order valence-corrected chi connectivity index (χ2v) is 6.95. The number of piperazine rings is 1. The molecule has 2 aliphatic heterocycles. The van der Waals surface area contributed by atoms with Crippen molar-refractivity contribution in [2.24, 2.45) is 0 Å². The van der Waals surface area contributed by atoms with Gasteiger partial charge in [-0.3, -0.25) is 9.88 Å². The van der Waals surface area contributed by atoms with Crippen molar-refractivity contribution >= 4 is 5.69 Å². The zero-order chi connectivity index (χ0) is 14.2. The van der Waals surface area contributed by atoms with Gasteiger partial charge in [0, 0.05) is 61.4 Å². The molecule has 0 spiro atoms. The quantitative estimate of drug-likeness (QED) is 0.917. The predicted molar refractivity (Wildman–Crippen MR) is 85.5 cm³/mol. The fourth-order valence-electron chi connectivity index (χ4n) is 3.90. The summed E-state index contributed by atoms with van der Waals surface area (Å²) in [5.74, 6) is 0. The van der Waals surface area contributed by atoms with Gasteiger partial charge in [0.05, 0.1) is 0 Å². The minimum atomic E-state index is 0.599. The maximum absolute atomic E-state index is 4.35. The molecular formula is C17H26N4. The van der Waals surface area contributed by atoms with E-state index in [1.165, 1.54) is 56.6 Å². The van der Waals surface area contributed by atoms with Crippen LogP contribution >= 0.6 is 0 Å². The van der Waals surface area contributed by atoms with E-state index in [1.54, 1.807) is 0 Å². The van der Waals surface area contributed by atoms with E-state index < -0.39 is 0 Å².